The zero-order valence-electron chi connectivity index (χ0n) is 12.2. The maximum atomic E-state index is 11.9. The lowest BCUT2D eigenvalue weighted by Gasteiger charge is -2.33. The summed E-state index contributed by atoms with van der Waals surface area (Å²) < 4.78 is 5.18. The van der Waals surface area contributed by atoms with Gasteiger partial charge < -0.3 is 20.0 Å². The van der Waals surface area contributed by atoms with E-state index >= 15 is 0 Å². The fourth-order valence-corrected chi connectivity index (χ4v) is 2.55. The summed E-state index contributed by atoms with van der Waals surface area (Å²) >= 11 is 0. The molecule has 2 N–H and O–H groups in total. The van der Waals surface area contributed by atoms with Crippen molar-refractivity contribution in [1.82, 2.24) is 20.6 Å². The monoisotopic (exact) mass is 301 g/mol. The lowest BCUT2D eigenvalue weighted by atomic mass is 10.1. The highest BCUT2D eigenvalue weighted by Crippen LogP contribution is 2.15. The predicted molar refractivity (Wildman–Crippen MR) is 81.3 cm³/mol. The third-order valence-electron chi connectivity index (χ3n) is 3.59. The molecule has 2 aromatic heterocycles. The topological polar surface area (TPSA) is 83.3 Å². The molecule has 1 aliphatic rings. The lowest BCUT2D eigenvalue weighted by Crippen LogP contribution is -2.50. The first-order valence-corrected chi connectivity index (χ1v) is 7.40. The first-order valence-electron chi connectivity index (χ1n) is 7.40. The summed E-state index contributed by atoms with van der Waals surface area (Å²) in [5, 5.41) is 5.79. The van der Waals surface area contributed by atoms with Crippen molar-refractivity contribution >= 4 is 12.0 Å². The number of carbonyl (C=O) groups excluding carboxylic acids is 1. The van der Waals surface area contributed by atoms with Crippen LogP contribution < -0.4 is 15.5 Å². The van der Waals surface area contributed by atoms with Gasteiger partial charge in [-0.1, -0.05) is 0 Å². The first-order chi connectivity index (χ1) is 10.8. The molecule has 116 valence electrons. The van der Waals surface area contributed by atoms with Gasteiger partial charge in [0.15, 0.2) is 0 Å². The Hall–Kier alpha value is -2.57. The van der Waals surface area contributed by atoms with E-state index in [0.717, 1.165) is 31.7 Å². The second-order valence-corrected chi connectivity index (χ2v) is 5.24. The van der Waals surface area contributed by atoms with Crippen LogP contribution in [0.2, 0.25) is 0 Å². The highest BCUT2D eigenvalue weighted by Gasteiger charge is 2.22. The van der Waals surface area contributed by atoms with E-state index in [1.54, 1.807) is 30.8 Å². The summed E-state index contributed by atoms with van der Waals surface area (Å²) in [6.07, 6.45) is 7.01. The van der Waals surface area contributed by atoms with E-state index in [0.29, 0.717) is 12.5 Å². The smallest absolute Gasteiger partial charge is 0.315 e. The number of hydrogen-bond acceptors (Lipinski definition) is 5. The van der Waals surface area contributed by atoms with Gasteiger partial charge in [0.05, 0.1) is 12.8 Å². The highest BCUT2D eigenvalue weighted by molar-refractivity contribution is 5.74. The molecule has 0 spiro atoms. The van der Waals surface area contributed by atoms with Crippen LogP contribution in [0.25, 0.3) is 0 Å². The van der Waals surface area contributed by atoms with Gasteiger partial charge in [-0.3, -0.25) is 0 Å². The van der Waals surface area contributed by atoms with Crippen molar-refractivity contribution in [3.05, 3.63) is 42.6 Å². The van der Waals surface area contributed by atoms with Crippen LogP contribution in [0.3, 0.4) is 0 Å². The average Bonchev–Trinajstić information content (AvgIpc) is 3.08. The van der Waals surface area contributed by atoms with Crippen LogP contribution in [-0.4, -0.2) is 35.1 Å². The molecular weight excluding hydrogens is 282 g/mol. The molecule has 1 fully saturated rings. The van der Waals surface area contributed by atoms with Gasteiger partial charge in [0.25, 0.3) is 0 Å². The van der Waals surface area contributed by atoms with Crippen LogP contribution in [0.15, 0.2) is 41.3 Å². The van der Waals surface area contributed by atoms with Crippen molar-refractivity contribution < 1.29 is 9.21 Å². The number of amides is 2. The summed E-state index contributed by atoms with van der Waals surface area (Å²) in [5.74, 6) is 1.45. The number of carbonyl (C=O) groups is 1. The van der Waals surface area contributed by atoms with Crippen molar-refractivity contribution in [1.29, 1.82) is 0 Å². The predicted octanol–water partition coefficient (Wildman–Crippen LogP) is 1.54. The minimum atomic E-state index is -0.183. The molecule has 0 aliphatic carbocycles. The maximum absolute atomic E-state index is 11.9. The van der Waals surface area contributed by atoms with E-state index in [1.165, 1.54) is 0 Å². The standard InChI is InChI=1S/C15H19N5O2/c21-15(18-10-13-5-2-9-22-13)19-12-4-1-8-20(11-12)14-16-6-3-7-17-14/h2-3,5-7,9,12H,1,4,8,10-11H2,(H2,18,19,21). The lowest BCUT2D eigenvalue weighted by molar-refractivity contribution is 0.233. The fraction of sp³-hybridized carbons (Fsp3) is 0.400. The number of piperidine rings is 1. The number of nitrogens with zero attached hydrogens (tertiary/aromatic N) is 3. The molecule has 1 unspecified atom stereocenters. The van der Waals surface area contributed by atoms with Crippen LogP contribution >= 0.6 is 0 Å². The number of furan rings is 1. The van der Waals surface area contributed by atoms with Crippen molar-refractivity contribution in [3.8, 4) is 0 Å². The summed E-state index contributed by atoms with van der Waals surface area (Å²) in [4.78, 5) is 22.6. The molecule has 1 saturated heterocycles. The van der Waals surface area contributed by atoms with E-state index in [4.69, 9.17) is 4.42 Å². The van der Waals surface area contributed by atoms with E-state index in [-0.39, 0.29) is 12.1 Å². The van der Waals surface area contributed by atoms with E-state index < -0.39 is 0 Å². The van der Waals surface area contributed by atoms with Crippen molar-refractivity contribution in [2.75, 3.05) is 18.0 Å². The van der Waals surface area contributed by atoms with Gasteiger partial charge >= 0.3 is 6.03 Å². The van der Waals surface area contributed by atoms with E-state index in [1.807, 2.05) is 6.07 Å². The van der Waals surface area contributed by atoms with Gasteiger partial charge in [-0.25, -0.2) is 14.8 Å². The normalized spacial score (nSPS) is 18.0. The third kappa shape index (κ3) is 3.75. The summed E-state index contributed by atoms with van der Waals surface area (Å²) in [6.45, 7) is 2.02. The maximum Gasteiger partial charge on any atom is 0.315 e. The number of anilines is 1. The molecule has 0 radical (unpaired) electrons. The molecular formula is C15H19N5O2. The molecule has 2 amide bonds. The number of urea groups is 1. The molecule has 0 saturated carbocycles. The Morgan fingerprint density at radius 1 is 1.36 bits per heavy atom. The van der Waals surface area contributed by atoms with Crippen molar-refractivity contribution in [2.45, 2.75) is 25.4 Å². The molecule has 22 heavy (non-hydrogen) atoms. The minimum absolute atomic E-state index is 0.0918. The number of aromatic nitrogens is 2. The van der Waals surface area contributed by atoms with Gasteiger partial charge in [0.1, 0.15) is 5.76 Å². The molecule has 0 aromatic carbocycles. The third-order valence-corrected chi connectivity index (χ3v) is 3.59. The quantitative estimate of drug-likeness (QED) is 0.895. The van der Waals surface area contributed by atoms with Gasteiger partial charge in [-0.2, -0.15) is 0 Å². The molecule has 3 heterocycles. The zero-order chi connectivity index (χ0) is 15.2. The zero-order valence-corrected chi connectivity index (χ0v) is 12.2. The summed E-state index contributed by atoms with van der Waals surface area (Å²) in [7, 11) is 0. The van der Waals surface area contributed by atoms with Crippen molar-refractivity contribution in [3.63, 3.8) is 0 Å². The number of hydrogen-bond donors (Lipinski definition) is 2. The highest BCUT2D eigenvalue weighted by atomic mass is 16.3. The Kier molecular flexibility index (Phi) is 4.53. The van der Waals surface area contributed by atoms with E-state index in [2.05, 4.69) is 25.5 Å². The Bertz CT molecular complexity index is 587. The average molecular weight is 301 g/mol. The SMILES string of the molecule is O=C(NCc1ccco1)NC1CCCN(c2ncccn2)C1. The molecule has 7 nitrogen and oxygen atoms in total. The van der Waals surface area contributed by atoms with E-state index in [9.17, 15) is 4.79 Å². The van der Waals surface area contributed by atoms with Crippen LogP contribution in [-0.2, 0) is 6.54 Å². The van der Waals surface area contributed by atoms with Gasteiger partial charge in [0.2, 0.25) is 5.95 Å². The van der Waals surface area contributed by atoms with Crippen LogP contribution in [0.5, 0.6) is 0 Å². The minimum Gasteiger partial charge on any atom is -0.467 e. The Labute approximate surface area is 128 Å². The van der Waals surface area contributed by atoms with Crippen LogP contribution in [0.1, 0.15) is 18.6 Å². The molecule has 3 rings (SSSR count). The van der Waals surface area contributed by atoms with Crippen molar-refractivity contribution in [2.24, 2.45) is 0 Å². The second-order valence-electron chi connectivity index (χ2n) is 5.24. The summed E-state index contributed by atoms with van der Waals surface area (Å²) in [6, 6.07) is 5.33. The second kappa shape index (κ2) is 6.93. The molecule has 1 atom stereocenters. The Morgan fingerprint density at radius 3 is 3.00 bits per heavy atom. The first kappa shape index (κ1) is 14.4. The summed E-state index contributed by atoms with van der Waals surface area (Å²) in [5.41, 5.74) is 0. The van der Waals surface area contributed by atoms with Crippen LogP contribution in [0, 0.1) is 0 Å². The van der Waals surface area contributed by atoms with Crippen LogP contribution in [0.4, 0.5) is 10.7 Å². The van der Waals surface area contributed by atoms with Gasteiger partial charge in [-0.05, 0) is 31.0 Å². The number of nitrogens with one attached hydrogen (secondary N) is 2. The van der Waals surface area contributed by atoms with Gasteiger partial charge in [0, 0.05) is 31.5 Å². The molecule has 0 bridgehead atoms. The number of rotatable bonds is 4. The molecule has 1 aliphatic heterocycles. The molecule has 2 aromatic rings. The Balaban J connectivity index is 1.48. The Morgan fingerprint density at radius 2 is 2.23 bits per heavy atom. The largest absolute Gasteiger partial charge is 0.467 e. The van der Waals surface area contributed by atoms with Gasteiger partial charge in [-0.15, -0.1) is 0 Å². The molecule has 7 heteroatoms. The fourth-order valence-electron chi connectivity index (χ4n) is 2.55.